The molecule has 0 bridgehead atoms. The summed E-state index contributed by atoms with van der Waals surface area (Å²) in [6.45, 7) is 2.05. The van der Waals surface area contributed by atoms with Crippen molar-refractivity contribution in [1.82, 2.24) is 0 Å². The Morgan fingerprint density at radius 3 is 2.82 bits per heavy atom. The van der Waals surface area contributed by atoms with E-state index in [-0.39, 0.29) is 12.2 Å². The van der Waals surface area contributed by atoms with Crippen molar-refractivity contribution in [1.29, 1.82) is 0 Å². The highest BCUT2D eigenvalue weighted by molar-refractivity contribution is 5.39. The molecule has 0 heterocycles. The first-order chi connectivity index (χ1) is 8.20. The van der Waals surface area contributed by atoms with E-state index in [2.05, 4.69) is 24.3 Å². The molecule has 3 unspecified atom stereocenters. The van der Waals surface area contributed by atoms with Crippen LogP contribution in [-0.2, 0) is 11.2 Å². The minimum Gasteiger partial charge on any atom is -0.393 e. The Labute approximate surface area is 104 Å². The molecule has 94 valence electrons. The largest absolute Gasteiger partial charge is 0.393 e. The number of benzene rings is 1. The van der Waals surface area contributed by atoms with E-state index in [9.17, 15) is 5.11 Å². The van der Waals surface area contributed by atoms with Gasteiger partial charge in [-0.1, -0.05) is 24.3 Å². The lowest BCUT2D eigenvalue weighted by molar-refractivity contribution is 0.0792. The van der Waals surface area contributed by atoms with Crippen molar-refractivity contribution < 1.29 is 9.84 Å². The number of aliphatic hydroxyl groups excluding tert-OH is 1. The van der Waals surface area contributed by atoms with Gasteiger partial charge in [0.2, 0.25) is 0 Å². The zero-order valence-corrected chi connectivity index (χ0v) is 10.7. The molecule has 1 aromatic carbocycles. The van der Waals surface area contributed by atoms with Crippen LogP contribution in [0.3, 0.4) is 0 Å². The molecule has 2 heteroatoms. The molecule has 1 aromatic rings. The van der Waals surface area contributed by atoms with Gasteiger partial charge in [-0.05, 0) is 49.7 Å². The molecule has 0 saturated heterocycles. The number of aliphatic hydroxyl groups is 1. The van der Waals surface area contributed by atoms with Crippen molar-refractivity contribution in [3.05, 3.63) is 35.4 Å². The number of hydrogen-bond acceptors (Lipinski definition) is 2. The minimum atomic E-state index is -0.189. The van der Waals surface area contributed by atoms with Crippen LogP contribution < -0.4 is 0 Å². The summed E-state index contributed by atoms with van der Waals surface area (Å²) in [6.07, 6.45) is 3.87. The van der Waals surface area contributed by atoms with Gasteiger partial charge in [0.15, 0.2) is 0 Å². The zero-order chi connectivity index (χ0) is 12.3. The molecule has 0 aromatic heterocycles. The van der Waals surface area contributed by atoms with E-state index in [1.54, 1.807) is 7.11 Å². The zero-order valence-electron chi connectivity index (χ0n) is 10.7. The Kier molecular flexibility index (Phi) is 4.19. The number of rotatable bonds is 6. The van der Waals surface area contributed by atoms with Crippen LogP contribution in [0, 0.1) is 0 Å². The van der Waals surface area contributed by atoms with E-state index < -0.39 is 0 Å². The molecule has 1 N–H and O–H groups in total. The minimum absolute atomic E-state index is 0.189. The highest BCUT2D eigenvalue weighted by Gasteiger charge is 2.27. The average Bonchev–Trinajstić information content (AvgIpc) is 2.33. The summed E-state index contributed by atoms with van der Waals surface area (Å²) in [7, 11) is 1.72. The van der Waals surface area contributed by atoms with E-state index in [1.165, 1.54) is 11.1 Å². The fraction of sp³-hybridized carbons (Fsp3) is 0.600. The molecule has 2 rings (SSSR count). The Balaban J connectivity index is 1.76. The number of methoxy groups -OCH3 is 1. The fourth-order valence-corrected chi connectivity index (χ4v) is 2.56. The van der Waals surface area contributed by atoms with Crippen LogP contribution in [0.1, 0.15) is 43.2 Å². The molecule has 0 saturated carbocycles. The third-order valence-corrected chi connectivity index (χ3v) is 3.83. The van der Waals surface area contributed by atoms with Gasteiger partial charge in [0.25, 0.3) is 0 Å². The maximum atomic E-state index is 10.00. The van der Waals surface area contributed by atoms with Crippen molar-refractivity contribution in [3.63, 3.8) is 0 Å². The molecular formula is C15H22O2. The Bertz CT molecular complexity index is 362. The third kappa shape index (κ3) is 3.08. The summed E-state index contributed by atoms with van der Waals surface area (Å²) in [5.74, 6) is 0.569. The Morgan fingerprint density at radius 1 is 1.35 bits per heavy atom. The van der Waals surface area contributed by atoms with E-state index >= 15 is 0 Å². The van der Waals surface area contributed by atoms with Crippen LogP contribution in [0.25, 0.3) is 0 Å². The van der Waals surface area contributed by atoms with Gasteiger partial charge in [-0.15, -0.1) is 0 Å². The van der Waals surface area contributed by atoms with Gasteiger partial charge >= 0.3 is 0 Å². The second kappa shape index (κ2) is 5.65. The first-order valence-electron chi connectivity index (χ1n) is 6.49. The predicted molar refractivity (Wildman–Crippen MR) is 69.2 cm³/mol. The van der Waals surface area contributed by atoms with E-state index in [0.717, 1.165) is 25.7 Å². The summed E-state index contributed by atoms with van der Waals surface area (Å²) < 4.78 is 5.19. The second-order valence-electron chi connectivity index (χ2n) is 5.11. The molecule has 0 amide bonds. The molecule has 1 aliphatic carbocycles. The van der Waals surface area contributed by atoms with Gasteiger partial charge < -0.3 is 9.84 Å². The summed E-state index contributed by atoms with van der Waals surface area (Å²) >= 11 is 0. The van der Waals surface area contributed by atoms with Crippen molar-refractivity contribution in [2.45, 2.75) is 50.7 Å². The summed E-state index contributed by atoms with van der Waals surface area (Å²) in [5, 5.41) is 10.00. The highest BCUT2D eigenvalue weighted by atomic mass is 16.5. The summed E-state index contributed by atoms with van der Waals surface area (Å²) in [6, 6.07) is 8.55. The Morgan fingerprint density at radius 2 is 2.12 bits per heavy atom. The number of fused-ring (bicyclic) bond motifs is 1. The van der Waals surface area contributed by atoms with Gasteiger partial charge in [-0.25, -0.2) is 0 Å². The summed E-state index contributed by atoms with van der Waals surface area (Å²) in [4.78, 5) is 0. The lowest BCUT2D eigenvalue weighted by Gasteiger charge is -2.31. The molecule has 2 nitrogen and oxygen atoms in total. The van der Waals surface area contributed by atoms with Gasteiger partial charge in [0.05, 0.1) is 12.2 Å². The van der Waals surface area contributed by atoms with Crippen molar-refractivity contribution in [3.8, 4) is 0 Å². The van der Waals surface area contributed by atoms with E-state index in [4.69, 9.17) is 4.74 Å². The maximum Gasteiger partial charge on any atom is 0.0547 e. The predicted octanol–water partition coefficient (Wildman–Crippen LogP) is 2.89. The first kappa shape index (κ1) is 12.6. The standard InChI is InChI=1S/C15H22O2/c1-11(17-2)7-8-14(16)10-13-9-12-5-3-4-6-15(12)13/h3-6,11,13-14,16H,7-10H2,1-2H3. The van der Waals surface area contributed by atoms with E-state index in [1.807, 2.05) is 6.92 Å². The summed E-state index contributed by atoms with van der Waals surface area (Å²) in [5.41, 5.74) is 2.89. The molecule has 0 radical (unpaired) electrons. The van der Waals surface area contributed by atoms with Crippen molar-refractivity contribution in [2.24, 2.45) is 0 Å². The lowest BCUT2D eigenvalue weighted by atomic mass is 9.74. The molecular weight excluding hydrogens is 212 g/mol. The Hall–Kier alpha value is -0.860. The first-order valence-corrected chi connectivity index (χ1v) is 6.49. The molecule has 0 spiro atoms. The normalized spacial score (nSPS) is 21.5. The van der Waals surface area contributed by atoms with Gasteiger partial charge in [0.1, 0.15) is 0 Å². The van der Waals surface area contributed by atoms with Crippen LogP contribution >= 0.6 is 0 Å². The van der Waals surface area contributed by atoms with Crippen molar-refractivity contribution >= 4 is 0 Å². The highest BCUT2D eigenvalue weighted by Crippen LogP contribution is 2.38. The third-order valence-electron chi connectivity index (χ3n) is 3.83. The molecule has 1 aliphatic rings. The quantitative estimate of drug-likeness (QED) is 0.820. The monoisotopic (exact) mass is 234 g/mol. The van der Waals surface area contributed by atoms with E-state index in [0.29, 0.717) is 5.92 Å². The van der Waals surface area contributed by atoms with Crippen LogP contribution in [0.2, 0.25) is 0 Å². The average molecular weight is 234 g/mol. The van der Waals surface area contributed by atoms with Gasteiger partial charge in [-0.2, -0.15) is 0 Å². The van der Waals surface area contributed by atoms with Crippen LogP contribution in [-0.4, -0.2) is 24.4 Å². The SMILES string of the molecule is COC(C)CCC(O)CC1Cc2ccccc21. The van der Waals surface area contributed by atoms with Crippen LogP contribution in [0.5, 0.6) is 0 Å². The van der Waals surface area contributed by atoms with Crippen molar-refractivity contribution in [2.75, 3.05) is 7.11 Å². The maximum absolute atomic E-state index is 10.00. The molecule has 0 fully saturated rings. The molecule has 3 atom stereocenters. The number of hydrogen-bond donors (Lipinski definition) is 1. The smallest absolute Gasteiger partial charge is 0.0547 e. The second-order valence-corrected chi connectivity index (χ2v) is 5.11. The molecule has 0 aliphatic heterocycles. The van der Waals surface area contributed by atoms with Gasteiger partial charge in [0, 0.05) is 7.11 Å². The number of ether oxygens (including phenoxy) is 1. The van der Waals surface area contributed by atoms with Crippen LogP contribution in [0.4, 0.5) is 0 Å². The molecule has 17 heavy (non-hydrogen) atoms. The lowest BCUT2D eigenvalue weighted by Crippen LogP contribution is -2.23. The van der Waals surface area contributed by atoms with Crippen LogP contribution in [0.15, 0.2) is 24.3 Å². The topological polar surface area (TPSA) is 29.5 Å². The van der Waals surface area contributed by atoms with Gasteiger partial charge in [-0.3, -0.25) is 0 Å². The fourth-order valence-electron chi connectivity index (χ4n) is 2.56.